The van der Waals surface area contributed by atoms with Gasteiger partial charge in [-0.3, -0.25) is 4.79 Å². The van der Waals surface area contributed by atoms with Crippen molar-refractivity contribution >= 4 is 29.0 Å². The van der Waals surface area contributed by atoms with Crippen molar-refractivity contribution in [3.63, 3.8) is 0 Å². The summed E-state index contributed by atoms with van der Waals surface area (Å²) in [4.78, 5) is 20.9. The van der Waals surface area contributed by atoms with Crippen LogP contribution in [0.25, 0.3) is 0 Å². The van der Waals surface area contributed by atoms with E-state index in [-0.39, 0.29) is 11.9 Å². The van der Waals surface area contributed by atoms with Crippen LogP contribution in [0.3, 0.4) is 0 Å². The van der Waals surface area contributed by atoms with Gasteiger partial charge in [0.15, 0.2) is 0 Å². The summed E-state index contributed by atoms with van der Waals surface area (Å²) in [5.41, 5.74) is 1.03. The molecule has 0 aliphatic rings. The standard InChI is InChI=1S/C17H15N3OS2/c21-14(12-23-15-8-4-5-9-18-15)20-16(17-19-10-11-22-17)13-6-2-1-3-7-13/h1-11,16H,12H2,(H,20,21)/t16-/m1/s1. The Kier molecular flexibility index (Phi) is 5.39. The van der Waals surface area contributed by atoms with Crippen molar-refractivity contribution in [1.29, 1.82) is 0 Å². The first-order valence-electron chi connectivity index (χ1n) is 7.10. The second kappa shape index (κ2) is 7.89. The van der Waals surface area contributed by atoms with E-state index < -0.39 is 0 Å². The van der Waals surface area contributed by atoms with E-state index in [1.54, 1.807) is 12.4 Å². The summed E-state index contributed by atoms with van der Waals surface area (Å²) < 4.78 is 0. The van der Waals surface area contributed by atoms with Gasteiger partial charge in [0, 0.05) is 17.8 Å². The van der Waals surface area contributed by atoms with Gasteiger partial charge in [-0.2, -0.15) is 0 Å². The smallest absolute Gasteiger partial charge is 0.231 e. The second-order valence-corrected chi connectivity index (χ2v) is 6.66. The van der Waals surface area contributed by atoms with E-state index in [1.165, 1.54) is 23.1 Å². The molecule has 2 heterocycles. The Morgan fingerprint density at radius 1 is 1.09 bits per heavy atom. The number of thiazole rings is 1. The van der Waals surface area contributed by atoms with Crippen LogP contribution < -0.4 is 5.32 Å². The monoisotopic (exact) mass is 341 g/mol. The molecule has 0 aliphatic heterocycles. The molecule has 0 radical (unpaired) electrons. The summed E-state index contributed by atoms with van der Waals surface area (Å²) >= 11 is 2.96. The van der Waals surface area contributed by atoms with Gasteiger partial charge >= 0.3 is 0 Å². The number of carbonyl (C=O) groups is 1. The van der Waals surface area contributed by atoms with Gasteiger partial charge in [0.25, 0.3) is 0 Å². The SMILES string of the molecule is O=C(CSc1ccccn1)N[C@H](c1ccccc1)c1nccs1. The molecule has 1 atom stereocenters. The minimum absolute atomic E-state index is 0.0373. The van der Waals surface area contributed by atoms with Crippen LogP contribution in [0.15, 0.2) is 71.3 Å². The Balaban J connectivity index is 1.68. The largest absolute Gasteiger partial charge is 0.342 e. The lowest BCUT2D eigenvalue weighted by Gasteiger charge is -2.17. The van der Waals surface area contributed by atoms with Crippen LogP contribution in [-0.2, 0) is 4.79 Å². The van der Waals surface area contributed by atoms with Crippen LogP contribution in [0.5, 0.6) is 0 Å². The molecule has 23 heavy (non-hydrogen) atoms. The molecular formula is C17H15N3OS2. The molecule has 1 N–H and O–H groups in total. The number of aromatic nitrogens is 2. The van der Waals surface area contributed by atoms with E-state index in [9.17, 15) is 4.79 Å². The molecule has 2 aromatic heterocycles. The van der Waals surface area contributed by atoms with Gasteiger partial charge in [-0.05, 0) is 17.7 Å². The molecule has 6 heteroatoms. The van der Waals surface area contributed by atoms with Crippen molar-refractivity contribution in [3.8, 4) is 0 Å². The average Bonchev–Trinajstić information content (AvgIpc) is 3.14. The maximum Gasteiger partial charge on any atom is 0.231 e. The fourth-order valence-corrected chi connectivity index (χ4v) is 3.47. The number of hydrogen-bond donors (Lipinski definition) is 1. The van der Waals surface area contributed by atoms with Crippen LogP contribution in [-0.4, -0.2) is 21.6 Å². The molecule has 0 spiro atoms. The second-order valence-electron chi connectivity index (χ2n) is 4.74. The normalized spacial score (nSPS) is 11.8. The van der Waals surface area contributed by atoms with E-state index in [1.807, 2.05) is 53.9 Å². The fraction of sp³-hybridized carbons (Fsp3) is 0.118. The van der Waals surface area contributed by atoms with Crippen molar-refractivity contribution < 1.29 is 4.79 Å². The lowest BCUT2D eigenvalue weighted by molar-refractivity contribution is -0.119. The lowest BCUT2D eigenvalue weighted by atomic mass is 10.1. The number of carbonyl (C=O) groups excluding carboxylic acids is 1. The van der Waals surface area contributed by atoms with Gasteiger partial charge in [0.1, 0.15) is 11.0 Å². The third-order valence-electron chi connectivity index (χ3n) is 3.13. The molecule has 3 aromatic rings. The molecule has 0 saturated carbocycles. The van der Waals surface area contributed by atoms with E-state index in [2.05, 4.69) is 15.3 Å². The highest BCUT2D eigenvalue weighted by Gasteiger charge is 2.19. The Hall–Kier alpha value is -2.18. The zero-order valence-electron chi connectivity index (χ0n) is 12.3. The van der Waals surface area contributed by atoms with Crippen molar-refractivity contribution in [1.82, 2.24) is 15.3 Å². The zero-order valence-corrected chi connectivity index (χ0v) is 13.9. The molecule has 1 aromatic carbocycles. The average molecular weight is 341 g/mol. The number of thioether (sulfide) groups is 1. The van der Waals surface area contributed by atoms with Crippen molar-refractivity contribution in [2.45, 2.75) is 11.1 Å². The van der Waals surface area contributed by atoms with Gasteiger partial charge in [0.2, 0.25) is 5.91 Å². The molecule has 0 saturated heterocycles. The van der Waals surface area contributed by atoms with E-state index in [0.29, 0.717) is 5.75 Å². The topological polar surface area (TPSA) is 54.9 Å². The van der Waals surface area contributed by atoms with E-state index in [0.717, 1.165) is 15.6 Å². The number of benzene rings is 1. The molecule has 1 amide bonds. The van der Waals surface area contributed by atoms with Gasteiger partial charge in [-0.15, -0.1) is 11.3 Å². The number of nitrogens with zero attached hydrogens (tertiary/aromatic N) is 2. The molecular weight excluding hydrogens is 326 g/mol. The first-order valence-corrected chi connectivity index (χ1v) is 8.97. The van der Waals surface area contributed by atoms with Gasteiger partial charge < -0.3 is 5.32 Å². The van der Waals surface area contributed by atoms with Crippen LogP contribution >= 0.6 is 23.1 Å². The fourth-order valence-electron chi connectivity index (χ4n) is 2.08. The molecule has 0 aliphatic carbocycles. The van der Waals surface area contributed by atoms with Gasteiger partial charge in [-0.1, -0.05) is 48.2 Å². The molecule has 3 rings (SSSR count). The van der Waals surface area contributed by atoms with Crippen molar-refractivity contribution in [2.24, 2.45) is 0 Å². The maximum absolute atomic E-state index is 12.3. The number of amides is 1. The third-order valence-corrected chi connectivity index (χ3v) is 4.91. The molecule has 116 valence electrons. The van der Waals surface area contributed by atoms with Crippen molar-refractivity contribution in [2.75, 3.05) is 5.75 Å². The summed E-state index contributed by atoms with van der Waals surface area (Å²) in [7, 11) is 0. The summed E-state index contributed by atoms with van der Waals surface area (Å²) in [5.74, 6) is 0.288. The number of nitrogens with one attached hydrogen (secondary N) is 1. The minimum atomic E-state index is -0.215. The van der Waals surface area contributed by atoms with Crippen molar-refractivity contribution in [3.05, 3.63) is 76.9 Å². The molecule has 0 bridgehead atoms. The van der Waals surface area contributed by atoms with Crippen LogP contribution in [0.4, 0.5) is 0 Å². The van der Waals surface area contributed by atoms with Crippen LogP contribution in [0.2, 0.25) is 0 Å². The summed E-state index contributed by atoms with van der Waals surface area (Å²) in [6.07, 6.45) is 3.48. The third kappa shape index (κ3) is 4.40. The Morgan fingerprint density at radius 2 is 1.91 bits per heavy atom. The van der Waals surface area contributed by atoms with Crippen LogP contribution in [0, 0.1) is 0 Å². The Morgan fingerprint density at radius 3 is 2.61 bits per heavy atom. The molecule has 4 nitrogen and oxygen atoms in total. The molecule has 0 fully saturated rings. The molecule has 0 unspecified atom stereocenters. The first-order chi connectivity index (χ1) is 11.3. The first kappa shape index (κ1) is 15.7. The summed E-state index contributed by atoms with van der Waals surface area (Å²) in [5, 5.41) is 6.71. The lowest BCUT2D eigenvalue weighted by Crippen LogP contribution is -2.30. The van der Waals surface area contributed by atoms with Crippen LogP contribution in [0.1, 0.15) is 16.6 Å². The quantitative estimate of drug-likeness (QED) is 0.697. The van der Waals surface area contributed by atoms with E-state index in [4.69, 9.17) is 0 Å². The highest BCUT2D eigenvalue weighted by atomic mass is 32.2. The Labute approximate surface area is 143 Å². The summed E-state index contributed by atoms with van der Waals surface area (Å²) in [6.45, 7) is 0. The summed E-state index contributed by atoms with van der Waals surface area (Å²) in [6, 6.07) is 15.3. The predicted molar refractivity (Wildman–Crippen MR) is 93.5 cm³/mol. The highest BCUT2D eigenvalue weighted by molar-refractivity contribution is 7.99. The maximum atomic E-state index is 12.3. The van der Waals surface area contributed by atoms with E-state index >= 15 is 0 Å². The Bertz CT molecular complexity index is 733. The predicted octanol–water partition coefficient (Wildman–Crippen LogP) is 3.54. The minimum Gasteiger partial charge on any atom is -0.342 e. The number of hydrogen-bond acceptors (Lipinski definition) is 5. The highest BCUT2D eigenvalue weighted by Crippen LogP contribution is 2.24. The number of pyridine rings is 1. The zero-order chi connectivity index (χ0) is 15.9. The van der Waals surface area contributed by atoms with Gasteiger partial charge in [0.05, 0.1) is 10.8 Å². The van der Waals surface area contributed by atoms with Gasteiger partial charge in [-0.25, -0.2) is 9.97 Å². The number of rotatable bonds is 6.